The zero-order valence-electron chi connectivity index (χ0n) is 16.3. The molecule has 0 bridgehead atoms. The lowest BCUT2D eigenvalue weighted by Crippen LogP contribution is -2.32. The first-order valence-corrected chi connectivity index (χ1v) is 9.50. The summed E-state index contributed by atoms with van der Waals surface area (Å²) >= 11 is 0. The van der Waals surface area contributed by atoms with Gasteiger partial charge in [-0.1, -0.05) is 32.0 Å². The van der Waals surface area contributed by atoms with Crippen LogP contribution in [0.15, 0.2) is 67.0 Å². The maximum atomic E-state index is 12.9. The van der Waals surface area contributed by atoms with Gasteiger partial charge in [-0.05, 0) is 42.3 Å². The lowest BCUT2D eigenvalue weighted by Gasteiger charge is -2.20. The minimum Gasteiger partial charge on any atom is -0.342 e. The van der Waals surface area contributed by atoms with Crippen molar-refractivity contribution in [2.45, 2.75) is 19.9 Å². The summed E-state index contributed by atoms with van der Waals surface area (Å²) < 4.78 is 0. The van der Waals surface area contributed by atoms with E-state index in [-0.39, 0.29) is 17.9 Å². The molecule has 1 amide bonds. The Labute approximate surface area is 168 Å². The highest BCUT2D eigenvalue weighted by Gasteiger charge is 2.22. The number of H-pyrrole nitrogens is 1. The molecule has 0 spiro atoms. The predicted octanol–water partition coefficient (Wildman–Crippen LogP) is 4.22. The summed E-state index contributed by atoms with van der Waals surface area (Å²) in [6.45, 7) is 4.12. The number of hydrogen-bond donors (Lipinski definition) is 3. The molecule has 1 atom stereocenters. The van der Waals surface area contributed by atoms with E-state index in [1.807, 2.05) is 36.4 Å². The maximum absolute atomic E-state index is 12.9. The molecule has 4 aromatic rings. The minimum atomic E-state index is -0.232. The van der Waals surface area contributed by atoms with Crippen LogP contribution < -0.4 is 10.6 Å². The molecule has 0 aliphatic carbocycles. The second-order valence-corrected chi connectivity index (χ2v) is 7.11. The molecule has 0 saturated heterocycles. The van der Waals surface area contributed by atoms with Crippen molar-refractivity contribution < 1.29 is 4.79 Å². The van der Waals surface area contributed by atoms with Crippen molar-refractivity contribution in [3.05, 3.63) is 78.4 Å². The third-order valence-corrected chi connectivity index (χ3v) is 4.60. The van der Waals surface area contributed by atoms with Crippen LogP contribution >= 0.6 is 0 Å². The fourth-order valence-corrected chi connectivity index (χ4v) is 3.13. The number of carbonyl (C=O) groups excluding carboxylic acids is 1. The predicted molar refractivity (Wildman–Crippen MR) is 113 cm³/mol. The van der Waals surface area contributed by atoms with Crippen molar-refractivity contribution in [2.24, 2.45) is 5.92 Å². The zero-order valence-corrected chi connectivity index (χ0v) is 16.3. The van der Waals surface area contributed by atoms with Crippen LogP contribution in [0, 0.1) is 5.92 Å². The van der Waals surface area contributed by atoms with Gasteiger partial charge < -0.3 is 15.6 Å². The highest BCUT2D eigenvalue weighted by molar-refractivity contribution is 5.95. The number of fused-ring (bicyclic) bond motifs is 1. The molecule has 0 radical (unpaired) electrons. The monoisotopic (exact) mass is 386 g/mol. The molecule has 0 saturated carbocycles. The summed E-state index contributed by atoms with van der Waals surface area (Å²) in [5.41, 5.74) is 3.13. The second kappa shape index (κ2) is 8.10. The van der Waals surface area contributed by atoms with E-state index in [2.05, 4.69) is 44.4 Å². The molecular formula is C22H22N6O. The van der Waals surface area contributed by atoms with Gasteiger partial charge >= 0.3 is 0 Å². The average molecular weight is 386 g/mol. The Morgan fingerprint density at radius 3 is 2.55 bits per heavy atom. The third-order valence-electron chi connectivity index (χ3n) is 4.60. The number of carbonyl (C=O) groups is 1. The highest BCUT2D eigenvalue weighted by Crippen LogP contribution is 2.23. The van der Waals surface area contributed by atoms with Gasteiger partial charge in [-0.2, -0.15) is 0 Å². The van der Waals surface area contributed by atoms with Crippen LogP contribution in [-0.2, 0) is 0 Å². The molecule has 2 aromatic heterocycles. The van der Waals surface area contributed by atoms with Gasteiger partial charge in [0, 0.05) is 23.6 Å². The van der Waals surface area contributed by atoms with E-state index < -0.39 is 0 Å². The van der Waals surface area contributed by atoms with E-state index in [1.54, 1.807) is 30.6 Å². The SMILES string of the molecule is CC(C)C(NC(=O)c1cccc(Nc2ncccn2)c1)c1nc2ccccc2[nH]1. The van der Waals surface area contributed by atoms with Crippen LogP contribution in [-0.4, -0.2) is 25.8 Å². The molecule has 1 unspecified atom stereocenters. The van der Waals surface area contributed by atoms with E-state index in [1.165, 1.54) is 0 Å². The third kappa shape index (κ3) is 4.24. The molecule has 3 N–H and O–H groups in total. The molecular weight excluding hydrogens is 364 g/mol. The fourth-order valence-electron chi connectivity index (χ4n) is 3.13. The number of anilines is 2. The number of imidazole rings is 1. The van der Waals surface area contributed by atoms with Crippen LogP contribution in [0.5, 0.6) is 0 Å². The Morgan fingerprint density at radius 1 is 1.00 bits per heavy atom. The molecule has 2 aromatic carbocycles. The van der Waals surface area contributed by atoms with Gasteiger partial charge in [0.15, 0.2) is 0 Å². The van der Waals surface area contributed by atoms with E-state index >= 15 is 0 Å². The van der Waals surface area contributed by atoms with Gasteiger partial charge in [-0.15, -0.1) is 0 Å². The zero-order chi connectivity index (χ0) is 20.2. The first-order chi connectivity index (χ1) is 14.1. The van der Waals surface area contributed by atoms with Gasteiger partial charge in [-0.25, -0.2) is 15.0 Å². The first kappa shape index (κ1) is 18.6. The number of benzene rings is 2. The molecule has 0 aliphatic rings. The molecule has 146 valence electrons. The van der Waals surface area contributed by atoms with Crippen LogP contribution in [0.1, 0.15) is 36.1 Å². The van der Waals surface area contributed by atoms with Crippen molar-refractivity contribution in [1.29, 1.82) is 0 Å². The molecule has 0 fully saturated rings. The van der Waals surface area contributed by atoms with Crippen LogP contribution in [0.4, 0.5) is 11.6 Å². The minimum absolute atomic E-state index is 0.165. The number of rotatable bonds is 6. The molecule has 7 heteroatoms. The summed E-state index contributed by atoms with van der Waals surface area (Å²) in [5.74, 6) is 1.23. The number of aromatic nitrogens is 4. The quantitative estimate of drug-likeness (QED) is 0.461. The van der Waals surface area contributed by atoms with Crippen molar-refractivity contribution in [2.75, 3.05) is 5.32 Å². The standard InChI is InChI=1S/C22H22N6O/c1-14(2)19(20-26-17-9-3-4-10-18(17)27-20)28-21(29)15-7-5-8-16(13-15)25-22-23-11-6-12-24-22/h3-14,19H,1-2H3,(H,26,27)(H,28,29)(H,23,24,25). The van der Waals surface area contributed by atoms with Gasteiger partial charge in [0.2, 0.25) is 5.95 Å². The molecule has 2 heterocycles. The molecule has 29 heavy (non-hydrogen) atoms. The smallest absolute Gasteiger partial charge is 0.251 e. The largest absolute Gasteiger partial charge is 0.342 e. The number of aromatic amines is 1. The fraction of sp³-hybridized carbons (Fsp3) is 0.182. The number of nitrogens with one attached hydrogen (secondary N) is 3. The van der Waals surface area contributed by atoms with E-state index in [4.69, 9.17) is 0 Å². The number of amides is 1. The lowest BCUT2D eigenvalue weighted by molar-refractivity contribution is 0.0923. The second-order valence-electron chi connectivity index (χ2n) is 7.11. The summed E-state index contributed by atoms with van der Waals surface area (Å²) in [6, 6.07) is 16.6. The number of para-hydroxylation sites is 2. The van der Waals surface area contributed by atoms with E-state index in [9.17, 15) is 4.79 Å². The van der Waals surface area contributed by atoms with Gasteiger partial charge in [0.1, 0.15) is 5.82 Å². The Bertz CT molecular complexity index is 1090. The Morgan fingerprint density at radius 2 is 1.79 bits per heavy atom. The summed E-state index contributed by atoms with van der Waals surface area (Å²) in [6.07, 6.45) is 3.32. The Kier molecular flexibility index (Phi) is 5.20. The number of hydrogen-bond acceptors (Lipinski definition) is 5. The molecule has 7 nitrogen and oxygen atoms in total. The lowest BCUT2D eigenvalue weighted by atomic mass is 10.0. The van der Waals surface area contributed by atoms with Crippen molar-refractivity contribution in [3.63, 3.8) is 0 Å². The van der Waals surface area contributed by atoms with Gasteiger partial charge in [0.25, 0.3) is 5.91 Å². The van der Waals surface area contributed by atoms with Crippen LogP contribution in [0.3, 0.4) is 0 Å². The van der Waals surface area contributed by atoms with Gasteiger partial charge in [-0.3, -0.25) is 4.79 Å². The Balaban J connectivity index is 1.54. The highest BCUT2D eigenvalue weighted by atomic mass is 16.1. The topological polar surface area (TPSA) is 95.6 Å². The van der Waals surface area contributed by atoms with Crippen molar-refractivity contribution >= 4 is 28.6 Å². The number of nitrogens with zero attached hydrogens (tertiary/aromatic N) is 3. The molecule has 4 rings (SSSR count). The van der Waals surface area contributed by atoms with Gasteiger partial charge in [0.05, 0.1) is 17.1 Å². The molecule has 0 aliphatic heterocycles. The normalized spacial score (nSPS) is 12.1. The average Bonchev–Trinajstić information content (AvgIpc) is 3.16. The summed E-state index contributed by atoms with van der Waals surface area (Å²) in [7, 11) is 0. The van der Waals surface area contributed by atoms with E-state index in [0.717, 1.165) is 22.5 Å². The first-order valence-electron chi connectivity index (χ1n) is 9.50. The summed E-state index contributed by atoms with van der Waals surface area (Å²) in [4.78, 5) is 29.2. The Hall–Kier alpha value is -3.74. The maximum Gasteiger partial charge on any atom is 0.251 e. The van der Waals surface area contributed by atoms with Crippen molar-refractivity contribution in [1.82, 2.24) is 25.3 Å². The van der Waals surface area contributed by atoms with Crippen LogP contribution in [0.25, 0.3) is 11.0 Å². The summed E-state index contributed by atoms with van der Waals surface area (Å²) in [5, 5.41) is 6.21. The van der Waals surface area contributed by atoms with Crippen molar-refractivity contribution in [3.8, 4) is 0 Å². The van der Waals surface area contributed by atoms with Crippen LogP contribution in [0.2, 0.25) is 0 Å². The van der Waals surface area contributed by atoms with E-state index in [0.29, 0.717) is 11.5 Å².